The summed E-state index contributed by atoms with van der Waals surface area (Å²) in [6.45, 7) is 1.96. The fourth-order valence-electron chi connectivity index (χ4n) is 8.46. The lowest BCUT2D eigenvalue weighted by atomic mass is 10.1. The summed E-state index contributed by atoms with van der Waals surface area (Å²) in [5.74, 6) is -0.486. The Morgan fingerprint density at radius 1 is 0.484 bits per heavy atom. The monoisotopic (exact) mass is 898 g/mol. The topological polar surface area (TPSA) is 165 Å². The van der Waals surface area contributed by atoms with Crippen molar-refractivity contribution in [1.29, 1.82) is 0 Å². The summed E-state index contributed by atoms with van der Waals surface area (Å²) < 4.78 is 35.0. The molecule has 0 spiro atoms. The minimum absolute atomic E-state index is 0.158. The lowest BCUT2D eigenvalue weighted by molar-refractivity contribution is -0.145. The van der Waals surface area contributed by atoms with E-state index in [2.05, 4.69) is 22.4 Å². The Balaban J connectivity index is 1.37. The Morgan fingerprint density at radius 3 is 1.27 bits per heavy atom. The van der Waals surface area contributed by atoms with Gasteiger partial charge in [0.1, 0.15) is 34.3 Å². The molecule has 0 saturated carbocycles. The maximum atomic E-state index is 14.7. The van der Waals surface area contributed by atoms with Gasteiger partial charge in [-0.15, -0.1) is 0 Å². The van der Waals surface area contributed by atoms with Gasteiger partial charge in [0, 0.05) is 88.9 Å². The lowest BCUT2D eigenvalue weighted by Crippen LogP contribution is -2.30. The summed E-state index contributed by atoms with van der Waals surface area (Å²) >= 11 is 0. The number of hydrogen-bond donors (Lipinski definition) is 1. The summed E-state index contributed by atoms with van der Waals surface area (Å²) in [5.41, 5.74) is 3.92. The molecule has 11 aromatic rings. The number of carbonyl (C=O) groups excluding carboxylic acids is 1. The molecule has 0 aliphatic carbocycles. The average molecular weight is 899 g/mol. The van der Waals surface area contributed by atoms with Crippen molar-refractivity contribution in [2.45, 2.75) is 13.0 Å². The van der Waals surface area contributed by atoms with Gasteiger partial charge in [-0.05, 0) is 103 Å². The molecule has 0 radical (unpaired) electrons. The molecule has 1 N–H and O–H groups in total. The first-order valence-corrected chi connectivity index (χ1v) is 25.4. The van der Waals surface area contributed by atoms with E-state index in [-0.39, 0.29) is 6.61 Å². The van der Waals surface area contributed by atoms with Crippen LogP contribution in [0.1, 0.15) is 18.5 Å². The smallest absolute Gasteiger partial charge is 0.328 e. The van der Waals surface area contributed by atoms with Gasteiger partial charge in [0.25, 0.3) is 22.5 Å². The van der Waals surface area contributed by atoms with Crippen molar-refractivity contribution in [3.8, 4) is 0 Å². The minimum Gasteiger partial charge on any atom is -0.465 e. The van der Waals surface area contributed by atoms with E-state index >= 15 is 0 Å². The number of aromatic nitrogens is 10. The fourth-order valence-corrected chi connectivity index (χ4v) is 22.2. The predicted molar refractivity (Wildman–Crippen MR) is 253 cm³/mol. The van der Waals surface area contributed by atoms with Crippen LogP contribution >= 0.6 is 22.5 Å². The van der Waals surface area contributed by atoms with Gasteiger partial charge in [-0.2, -0.15) is 13.5 Å². The van der Waals surface area contributed by atoms with Gasteiger partial charge in [-0.3, -0.25) is 21.7 Å². The maximum Gasteiger partial charge on any atom is 0.328 e. The maximum absolute atomic E-state index is 14.7. The first-order chi connectivity index (χ1) is 31.5. The van der Waals surface area contributed by atoms with Crippen LogP contribution in [0.15, 0.2) is 197 Å². The van der Waals surface area contributed by atoms with Gasteiger partial charge in [-0.25, -0.2) is 34.8 Å². The molecule has 2 unspecified atom stereocenters. The molecule has 0 fully saturated rings. The van der Waals surface area contributed by atoms with E-state index in [1.54, 1.807) is 37.9 Å². The van der Waals surface area contributed by atoms with E-state index in [9.17, 15) is 4.79 Å². The van der Waals surface area contributed by atoms with Crippen molar-refractivity contribution in [3.63, 3.8) is 0 Å². The molecule has 10 aromatic heterocycles. The first kappa shape index (κ1) is 38.5. The highest BCUT2D eigenvalue weighted by molar-refractivity contribution is 7.84. The van der Waals surface area contributed by atoms with Crippen LogP contribution in [0, 0.1) is 0 Å². The standard InChI is InChI=1S/C45H37N14O2P3/c1-2-61-45(60)39(33-11-4-3-5-12-33)51-62(55-28-18-34-13-6-23-46-40(34)55)52-63(56-29-19-35-14-7-24-47-41(35)56,57-30-20-36-15-8-25-48-42(36)57)54-64(53-62,58-31-21-37-16-9-26-49-43(37)58)59-32-22-38-17-10-27-50-44(38)59/h3-32,39,51H,2H2,1H3. The molecule has 2 atom stereocenters. The predicted octanol–water partition coefficient (Wildman–Crippen LogP) is 11.2. The number of rotatable bonds is 10. The average Bonchev–Trinajstić information content (AvgIpc) is 4.20. The summed E-state index contributed by atoms with van der Waals surface area (Å²) in [7, 11) is -11.5. The van der Waals surface area contributed by atoms with Crippen LogP contribution in [-0.4, -0.2) is 59.2 Å². The van der Waals surface area contributed by atoms with Crippen molar-refractivity contribution < 1.29 is 9.53 Å². The van der Waals surface area contributed by atoms with Crippen molar-refractivity contribution in [3.05, 3.63) is 189 Å². The van der Waals surface area contributed by atoms with Crippen molar-refractivity contribution >= 4 is 83.7 Å². The molecule has 12 rings (SSSR count). The van der Waals surface area contributed by atoms with Gasteiger partial charge in [0.15, 0.2) is 0 Å². The zero-order valence-corrected chi connectivity index (χ0v) is 36.8. The van der Waals surface area contributed by atoms with Crippen molar-refractivity contribution in [2.75, 3.05) is 6.61 Å². The van der Waals surface area contributed by atoms with Crippen molar-refractivity contribution in [1.82, 2.24) is 51.7 Å². The van der Waals surface area contributed by atoms with Gasteiger partial charge < -0.3 is 4.74 Å². The second-order valence-corrected chi connectivity index (χ2v) is 22.9. The first-order valence-electron chi connectivity index (χ1n) is 20.6. The molecule has 1 aliphatic heterocycles. The third-order valence-electron chi connectivity index (χ3n) is 11.3. The normalized spacial score (nSPS) is 17.3. The molecule has 11 heterocycles. The number of nitrogens with zero attached hydrogens (tertiary/aromatic N) is 13. The molecule has 314 valence electrons. The van der Waals surface area contributed by atoms with Gasteiger partial charge >= 0.3 is 5.97 Å². The van der Waals surface area contributed by atoms with Gasteiger partial charge in [0.05, 0.1) is 6.61 Å². The zero-order valence-electron chi connectivity index (χ0n) is 34.1. The van der Waals surface area contributed by atoms with E-state index in [1.807, 2.05) is 157 Å². The summed E-state index contributed by atoms with van der Waals surface area (Å²) in [6, 6.07) is 38.3. The Kier molecular flexibility index (Phi) is 8.99. The van der Waals surface area contributed by atoms with Gasteiger partial charge in [-0.1, -0.05) is 30.3 Å². The third-order valence-corrected chi connectivity index (χ3v) is 22.3. The van der Waals surface area contributed by atoms with Crippen LogP contribution in [-0.2, 0) is 9.53 Å². The minimum atomic E-state index is -3.89. The molecule has 0 bridgehead atoms. The second-order valence-electron chi connectivity index (χ2n) is 15.0. The van der Waals surface area contributed by atoms with E-state index < -0.39 is 34.5 Å². The Hall–Kier alpha value is -7.21. The number of fused-ring (bicyclic) bond motifs is 5. The number of esters is 1. The Labute approximate surface area is 365 Å². The molecule has 19 heteroatoms. The van der Waals surface area contributed by atoms with Crippen LogP contribution in [0.4, 0.5) is 0 Å². The van der Waals surface area contributed by atoms with Gasteiger partial charge in [0.2, 0.25) is 0 Å². The molecule has 0 amide bonds. The largest absolute Gasteiger partial charge is 0.465 e. The number of hydrogen-bond acceptors (Lipinski definition) is 11. The number of pyridine rings is 5. The molecule has 0 saturated heterocycles. The Morgan fingerprint density at radius 2 is 0.859 bits per heavy atom. The number of carbonyl (C=O) groups is 1. The molecule has 1 aliphatic rings. The van der Waals surface area contributed by atoms with E-state index in [1.165, 1.54) is 0 Å². The van der Waals surface area contributed by atoms with E-state index in [0.717, 1.165) is 26.9 Å². The van der Waals surface area contributed by atoms with Crippen LogP contribution < -0.4 is 5.09 Å². The summed E-state index contributed by atoms with van der Waals surface area (Å²) in [6.07, 6.45) is 18.9. The molecular weight excluding hydrogens is 862 g/mol. The number of nitrogens with one attached hydrogen (secondary N) is 1. The fraction of sp³-hybridized carbons (Fsp3) is 0.0667. The van der Waals surface area contributed by atoms with Crippen molar-refractivity contribution in [2.24, 2.45) is 13.5 Å². The highest BCUT2D eigenvalue weighted by atomic mass is 31.3. The highest BCUT2D eigenvalue weighted by Gasteiger charge is 2.47. The summed E-state index contributed by atoms with van der Waals surface area (Å²) in [5, 5.41) is 8.33. The number of ether oxygens (including phenoxy) is 1. The second kappa shape index (κ2) is 15.0. The zero-order chi connectivity index (χ0) is 42.9. The van der Waals surface area contributed by atoms with Crippen LogP contribution in [0.3, 0.4) is 0 Å². The van der Waals surface area contributed by atoms with Crippen LogP contribution in [0.25, 0.3) is 55.2 Å². The van der Waals surface area contributed by atoms with Crippen LogP contribution in [0.2, 0.25) is 0 Å². The molecule has 64 heavy (non-hydrogen) atoms. The lowest BCUT2D eigenvalue weighted by Gasteiger charge is -2.39. The van der Waals surface area contributed by atoms with E-state index in [4.69, 9.17) is 43.2 Å². The summed E-state index contributed by atoms with van der Waals surface area (Å²) in [4.78, 5) is 39.8. The molecular formula is C45H37N14O2P3. The number of benzene rings is 1. The van der Waals surface area contributed by atoms with Crippen LogP contribution in [0.5, 0.6) is 0 Å². The highest BCUT2D eigenvalue weighted by Crippen LogP contribution is 2.80. The van der Waals surface area contributed by atoms with E-state index in [0.29, 0.717) is 33.8 Å². The molecule has 16 nitrogen and oxygen atoms in total. The SMILES string of the molecule is CCOC(=O)C(NP1(n2ccc3cccnc32)=NP(n2ccc3cccnc32)(n2ccc3cccnc32)=NP(n2ccc3cccnc32)(n2ccc3cccnc32)=N1)c1ccccc1. The third kappa shape index (κ3) is 5.84. The Bertz CT molecular complexity index is 3480. The quantitative estimate of drug-likeness (QED) is 0.105. The molecule has 1 aromatic carbocycles.